The number of hydrogen-bond acceptors (Lipinski definition) is 4. The third-order valence-electron chi connectivity index (χ3n) is 1.68. The van der Waals surface area contributed by atoms with Crippen LogP contribution in [0.1, 0.15) is 5.56 Å². The summed E-state index contributed by atoms with van der Waals surface area (Å²) in [4.78, 5) is 10.5. The maximum Gasteiger partial charge on any atom is 0.162 e. The van der Waals surface area contributed by atoms with Gasteiger partial charge in [-0.1, -0.05) is 30.3 Å². The zero-order valence-corrected chi connectivity index (χ0v) is 7.27. The van der Waals surface area contributed by atoms with Gasteiger partial charge in [-0.05, 0) is 0 Å². The molecule has 4 heteroatoms. The molecule has 0 heterocycles. The molecule has 1 aromatic rings. The molecule has 0 atom stereocenters. The van der Waals surface area contributed by atoms with Gasteiger partial charge in [0.1, 0.15) is 11.6 Å². The number of nitrogens with one attached hydrogen (secondary N) is 1. The highest BCUT2D eigenvalue weighted by atomic mass is 16.5. The van der Waals surface area contributed by atoms with Crippen molar-refractivity contribution in [1.82, 2.24) is 5.48 Å². The maximum atomic E-state index is 10.5. The van der Waals surface area contributed by atoms with Gasteiger partial charge in [0.05, 0.1) is 5.70 Å². The SMILES string of the molecule is N#C/C(C=O)=C(/NO)c1ccccc1. The number of aldehydes is 1. The average molecular weight is 188 g/mol. The summed E-state index contributed by atoms with van der Waals surface area (Å²) in [5, 5.41) is 17.4. The molecule has 1 rings (SSSR count). The van der Waals surface area contributed by atoms with Gasteiger partial charge in [-0.25, -0.2) is 0 Å². The van der Waals surface area contributed by atoms with E-state index in [0.717, 1.165) is 0 Å². The molecule has 14 heavy (non-hydrogen) atoms. The molecule has 0 aliphatic heterocycles. The number of hydrogen-bond donors (Lipinski definition) is 2. The Hall–Kier alpha value is -2.12. The lowest BCUT2D eigenvalue weighted by Crippen LogP contribution is -2.09. The highest BCUT2D eigenvalue weighted by Gasteiger charge is 2.06. The van der Waals surface area contributed by atoms with Gasteiger partial charge in [0.25, 0.3) is 0 Å². The minimum absolute atomic E-state index is 0.114. The summed E-state index contributed by atoms with van der Waals surface area (Å²) < 4.78 is 0. The zero-order valence-electron chi connectivity index (χ0n) is 7.27. The van der Waals surface area contributed by atoms with Crippen molar-refractivity contribution in [2.24, 2.45) is 0 Å². The molecule has 0 aliphatic carbocycles. The quantitative estimate of drug-likeness (QED) is 0.322. The predicted molar refractivity (Wildman–Crippen MR) is 50.0 cm³/mol. The molecule has 0 aromatic heterocycles. The summed E-state index contributed by atoms with van der Waals surface area (Å²) in [7, 11) is 0. The van der Waals surface area contributed by atoms with Crippen LogP contribution in [0.25, 0.3) is 5.70 Å². The van der Waals surface area contributed by atoms with E-state index < -0.39 is 0 Å². The van der Waals surface area contributed by atoms with Crippen LogP contribution in [0.4, 0.5) is 0 Å². The van der Waals surface area contributed by atoms with Crippen LogP contribution in [-0.4, -0.2) is 11.5 Å². The smallest absolute Gasteiger partial charge is 0.162 e. The van der Waals surface area contributed by atoms with Gasteiger partial charge in [-0.2, -0.15) is 5.26 Å². The lowest BCUT2D eigenvalue weighted by atomic mass is 10.1. The summed E-state index contributed by atoms with van der Waals surface area (Å²) in [6, 6.07) is 10.3. The van der Waals surface area contributed by atoms with Crippen molar-refractivity contribution in [1.29, 1.82) is 5.26 Å². The standard InChI is InChI=1S/C10H8N2O2/c11-6-9(7-13)10(12-14)8-4-2-1-3-5-8/h1-5,7,12,14H/b10-9-. The number of nitriles is 1. The van der Waals surface area contributed by atoms with Crippen LogP contribution in [0.5, 0.6) is 0 Å². The minimum atomic E-state index is -0.140. The lowest BCUT2D eigenvalue weighted by molar-refractivity contribution is -0.104. The number of carbonyl (C=O) groups is 1. The lowest BCUT2D eigenvalue weighted by Gasteiger charge is -2.05. The van der Waals surface area contributed by atoms with Gasteiger partial charge in [-0.3, -0.25) is 15.5 Å². The Bertz CT molecular complexity index is 390. The van der Waals surface area contributed by atoms with Crippen LogP contribution in [0.2, 0.25) is 0 Å². The molecule has 70 valence electrons. The molecule has 4 nitrogen and oxygen atoms in total. The zero-order chi connectivity index (χ0) is 10.4. The second-order valence-corrected chi connectivity index (χ2v) is 2.50. The first-order valence-electron chi connectivity index (χ1n) is 3.88. The average Bonchev–Trinajstić information content (AvgIpc) is 2.27. The Morgan fingerprint density at radius 2 is 2.07 bits per heavy atom. The fraction of sp³-hybridized carbons (Fsp3) is 0. The summed E-state index contributed by atoms with van der Waals surface area (Å²) in [5.41, 5.74) is 2.40. The topological polar surface area (TPSA) is 73.1 Å². The maximum absolute atomic E-state index is 10.5. The van der Waals surface area contributed by atoms with E-state index in [4.69, 9.17) is 10.5 Å². The number of nitrogens with zero attached hydrogens (tertiary/aromatic N) is 1. The molecule has 1 aromatic carbocycles. The second-order valence-electron chi connectivity index (χ2n) is 2.50. The van der Waals surface area contributed by atoms with Crippen LogP contribution in [-0.2, 0) is 4.79 Å². The van der Waals surface area contributed by atoms with E-state index in [1.807, 2.05) is 5.48 Å². The highest BCUT2D eigenvalue weighted by molar-refractivity contribution is 5.91. The van der Waals surface area contributed by atoms with Gasteiger partial charge in [0.2, 0.25) is 0 Å². The van der Waals surface area contributed by atoms with Crippen molar-refractivity contribution in [3.8, 4) is 6.07 Å². The van der Waals surface area contributed by atoms with Crippen LogP contribution in [0.15, 0.2) is 35.9 Å². The summed E-state index contributed by atoms with van der Waals surface area (Å²) >= 11 is 0. The van der Waals surface area contributed by atoms with Crippen molar-refractivity contribution in [3.63, 3.8) is 0 Å². The van der Waals surface area contributed by atoms with Gasteiger partial charge < -0.3 is 0 Å². The first-order valence-corrected chi connectivity index (χ1v) is 3.88. The first-order chi connectivity index (χ1) is 6.83. The Morgan fingerprint density at radius 1 is 1.43 bits per heavy atom. The van der Waals surface area contributed by atoms with E-state index >= 15 is 0 Å². The Morgan fingerprint density at radius 3 is 2.50 bits per heavy atom. The predicted octanol–water partition coefficient (Wildman–Crippen LogP) is 1.10. The third-order valence-corrected chi connectivity index (χ3v) is 1.68. The van der Waals surface area contributed by atoms with Gasteiger partial charge in [0, 0.05) is 5.56 Å². The fourth-order valence-corrected chi connectivity index (χ4v) is 1.03. The highest BCUT2D eigenvalue weighted by Crippen LogP contribution is 2.13. The summed E-state index contributed by atoms with van der Waals surface area (Å²) in [6.07, 6.45) is 0.394. The van der Waals surface area contributed by atoms with E-state index in [-0.39, 0.29) is 11.3 Å². The molecule has 0 amide bonds. The van der Waals surface area contributed by atoms with Gasteiger partial charge in [0.15, 0.2) is 6.29 Å². The molecule has 0 radical (unpaired) electrons. The third kappa shape index (κ3) is 1.97. The molecule has 0 aliphatic rings. The first kappa shape index (κ1) is 9.96. The molecule has 0 fully saturated rings. The van der Waals surface area contributed by atoms with Crippen molar-refractivity contribution < 1.29 is 10.0 Å². The van der Waals surface area contributed by atoms with Gasteiger partial charge >= 0.3 is 0 Å². The molecule has 2 N–H and O–H groups in total. The van der Waals surface area contributed by atoms with E-state index in [1.165, 1.54) is 0 Å². The number of benzene rings is 1. The Balaban J connectivity index is 3.24. The number of allylic oxidation sites excluding steroid dienone is 1. The molecular formula is C10H8N2O2. The summed E-state index contributed by atoms with van der Waals surface area (Å²) in [6.45, 7) is 0. The van der Waals surface area contributed by atoms with Crippen LogP contribution in [0, 0.1) is 11.3 Å². The fourth-order valence-electron chi connectivity index (χ4n) is 1.03. The van der Waals surface area contributed by atoms with E-state index in [0.29, 0.717) is 11.8 Å². The molecule has 0 bridgehead atoms. The van der Waals surface area contributed by atoms with Crippen molar-refractivity contribution in [3.05, 3.63) is 41.5 Å². The second kappa shape index (κ2) is 4.80. The van der Waals surface area contributed by atoms with Crippen molar-refractivity contribution >= 4 is 12.0 Å². The molecule has 0 saturated carbocycles. The van der Waals surface area contributed by atoms with Crippen molar-refractivity contribution in [2.75, 3.05) is 0 Å². The molecule has 0 saturated heterocycles. The Kier molecular flexibility index (Phi) is 3.41. The minimum Gasteiger partial charge on any atom is -0.297 e. The van der Waals surface area contributed by atoms with E-state index in [1.54, 1.807) is 36.4 Å². The molecule has 0 spiro atoms. The molecule has 0 unspecified atom stereocenters. The van der Waals surface area contributed by atoms with E-state index in [9.17, 15) is 4.79 Å². The number of carbonyl (C=O) groups excluding carboxylic acids is 1. The van der Waals surface area contributed by atoms with Crippen LogP contribution in [0.3, 0.4) is 0 Å². The van der Waals surface area contributed by atoms with E-state index in [2.05, 4.69) is 0 Å². The van der Waals surface area contributed by atoms with Crippen LogP contribution < -0.4 is 5.48 Å². The van der Waals surface area contributed by atoms with Gasteiger partial charge in [-0.15, -0.1) is 0 Å². The number of hydroxylamine groups is 1. The van der Waals surface area contributed by atoms with Crippen LogP contribution >= 0.6 is 0 Å². The largest absolute Gasteiger partial charge is 0.297 e. The number of rotatable bonds is 3. The monoisotopic (exact) mass is 188 g/mol. The normalized spacial score (nSPS) is 11.1. The Labute approximate surface area is 81.1 Å². The summed E-state index contributed by atoms with van der Waals surface area (Å²) in [5.74, 6) is 0. The van der Waals surface area contributed by atoms with Crippen molar-refractivity contribution in [2.45, 2.75) is 0 Å². The molecular weight excluding hydrogens is 180 g/mol.